The van der Waals surface area contributed by atoms with Gasteiger partial charge in [-0.2, -0.15) is 0 Å². The molecule has 0 aromatic heterocycles. The summed E-state index contributed by atoms with van der Waals surface area (Å²) in [7, 11) is 0. The van der Waals surface area contributed by atoms with E-state index in [-0.39, 0.29) is 33.3 Å². The molecular weight excluding hydrogens is 128 g/mol. The Kier molecular flexibility index (Phi) is 6.10. The van der Waals surface area contributed by atoms with Crippen LogP contribution < -0.4 is 0 Å². The number of ketones is 2. The topological polar surface area (TPSA) is 34.1 Å². The third kappa shape index (κ3) is 6.05. The molecular formula is C4H6O2Ti. The van der Waals surface area contributed by atoms with Crippen molar-refractivity contribution in [2.45, 2.75) is 13.8 Å². The van der Waals surface area contributed by atoms with Gasteiger partial charge in [0.2, 0.25) is 0 Å². The molecule has 0 atom stereocenters. The first-order valence-electron chi connectivity index (χ1n) is 1.66. The van der Waals surface area contributed by atoms with Crippen LogP contribution in [0.25, 0.3) is 0 Å². The van der Waals surface area contributed by atoms with Crippen LogP contribution >= 0.6 is 0 Å². The summed E-state index contributed by atoms with van der Waals surface area (Å²) in [5.41, 5.74) is 0. The van der Waals surface area contributed by atoms with E-state index in [4.69, 9.17) is 0 Å². The van der Waals surface area contributed by atoms with Crippen molar-refractivity contribution in [2.75, 3.05) is 0 Å². The number of carbonyl (C=O) groups excluding carboxylic acids is 2. The predicted octanol–water partition coefficient (Wildman–Crippen LogP) is 0.162. The van der Waals surface area contributed by atoms with Crippen LogP contribution in [0.5, 0.6) is 0 Å². The fourth-order valence-corrected chi connectivity index (χ4v) is 0. The standard InChI is InChI=1S/C4H6O2.Ti/c1-3(5)4(2)6;/h1-2H3;. The van der Waals surface area contributed by atoms with Gasteiger partial charge in [0.15, 0.2) is 11.6 Å². The van der Waals surface area contributed by atoms with E-state index in [1.54, 1.807) is 0 Å². The Labute approximate surface area is 57.2 Å². The number of Topliss-reactive ketones (excluding diaryl/α,β-unsaturated/α-hetero) is 2. The van der Waals surface area contributed by atoms with Crippen LogP contribution in [0, 0.1) is 0 Å². The number of rotatable bonds is 1. The van der Waals surface area contributed by atoms with Gasteiger partial charge in [-0.3, -0.25) is 9.59 Å². The van der Waals surface area contributed by atoms with Gasteiger partial charge in [0.05, 0.1) is 0 Å². The van der Waals surface area contributed by atoms with Crippen molar-refractivity contribution < 1.29 is 31.3 Å². The maximum atomic E-state index is 9.79. The van der Waals surface area contributed by atoms with Gasteiger partial charge in [-0.1, -0.05) is 0 Å². The largest absolute Gasteiger partial charge is 0.291 e. The summed E-state index contributed by atoms with van der Waals surface area (Å²) in [6.45, 7) is 2.50. The molecule has 7 heavy (non-hydrogen) atoms. The Bertz CT molecular complexity index is 75.7. The molecule has 0 saturated carbocycles. The molecule has 0 bridgehead atoms. The molecule has 0 aromatic carbocycles. The second-order valence-corrected chi connectivity index (χ2v) is 1.11. The van der Waals surface area contributed by atoms with Crippen molar-refractivity contribution in [1.82, 2.24) is 0 Å². The first-order chi connectivity index (χ1) is 2.64. The minimum Gasteiger partial charge on any atom is -0.291 e. The summed E-state index contributed by atoms with van der Waals surface area (Å²) in [5.74, 6) is -0.759. The van der Waals surface area contributed by atoms with Crippen molar-refractivity contribution in [3.05, 3.63) is 0 Å². The zero-order valence-corrected chi connectivity index (χ0v) is 5.88. The van der Waals surface area contributed by atoms with E-state index in [0.29, 0.717) is 0 Å². The van der Waals surface area contributed by atoms with E-state index in [0.717, 1.165) is 0 Å². The van der Waals surface area contributed by atoms with E-state index in [1.807, 2.05) is 0 Å². The van der Waals surface area contributed by atoms with E-state index >= 15 is 0 Å². The minimum atomic E-state index is -0.380. The molecule has 2 nitrogen and oxygen atoms in total. The molecule has 0 aliphatic carbocycles. The van der Waals surface area contributed by atoms with E-state index in [9.17, 15) is 9.59 Å². The maximum absolute atomic E-state index is 9.79. The molecule has 0 aliphatic heterocycles. The molecule has 0 saturated heterocycles. The molecule has 0 N–H and O–H groups in total. The third-order valence-corrected chi connectivity index (χ3v) is 0.496. The Balaban J connectivity index is 0. The van der Waals surface area contributed by atoms with Crippen LogP contribution in [-0.4, -0.2) is 11.6 Å². The van der Waals surface area contributed by atoms with Gasteiger partial charge in [-0.05, 0) is 0 Å². The van der Waals surface area contributed by atoms with Gasteiger partial charge in [-0.15, -0.1) is 0 Å². The van der Waals surface area contributed by atoms with E-state index < -0.39 is 0 Å². The maximum Gasteiger partial charge on any atom is 0.195 e. The van der Waals surface area contributed by atoms with Gasteiger partial charge in [0.1, 0.15) is 0 Å². The number of hydrogen-bond acceptors (Lipinski definition) is 2. The van der Waals surface area contributed by atoms with Gasteiger partial charge >= 0.3 is 0 Å². The van der Waals surface area contributed by atoms with Crippen molar-refractivity contribution in [2.24, 2.45) is 0 Å². The summed E-state index contributed by atoms with van der Waals surface area (Å²) < 4.78 is 0. The fraction of sp³-hybridized carbons (Fsp3) is 0.500. The first kappa shape index (κ1) is 10.1. The average Bonchev–Trinajstić information content (AvgIpc) is 1.36. The quantitative estimate of drug-likeness (QED) is 0.378. The van der Waals surface area contributed by atoms with Crippen molar-refractivity contribution >= 4 is 11.6 Å². The third-order valence-electron chi connectivity index (χ3n) is 0.496. The van der Waals surface area contributed by atoms with Gasteiger partial charge in [0, 0.05) is 35.6 Å². The molecule has 0 radical (unpaired) electrons. The van der Waals surface area contributed by atoms with Gasteiger partial charge in [0.25, 0.3) is 0 Å². The van der Waals surface area contributed by atoms with Gasteiger partial charge < -0.3 is 0 Å². The summed E-state index contributed by atoms with van der Waals surface area (Å²) in [5, 5.41) is 0. The van der Waals surface area contributed by atoms with Crippen LogP contribution in [0.15, 0.2) is 0 Å². The Hall–Kier alpha value is 0.0543. The Morgan fingerprint density at radius 1 is 1.00 bits per heavy atom. The van der Waals surface area contributed by atoms with Crippen molar-refractivity contribution in [1.29, 1.82) is 0 Å². The van der Waals surface area contributed by atoms with Crippen LogP contribution in [-0.2, 0) is 31.3 Å². The molecule has 0 spiro atoms. The molecule has 0 rings (SSSR count). The van der Waals surface area contributed by atoms with Crippen LogP contribution in [0.1, 0.15) is 13.8 Å². The molecule has 0 aliphatic rings. The molecule has 38 valence electrons. The second kappa shape index (κ2) is 4.22. The normalized spacial score (nSPS) is 6.57. The van der Waals surface area contributed by atoms with E-state index in [1.165, 1.54) is 13.8 Å². The monoisotopic (exact) mass is 134 g/mol. The SMILES string of the molecule is CC(=O)C(C)=O.[Ti]. The van der Waals surface area contributed by atoms with E-state index in [2.05, 4.69) is 0 Å². The smallest absolute Gasteiger partial charge is 0.195 e. The molecule has 0 amide bonds. The zero-order chi connectivity index (χ0) is 5.15. The summed E-state index contributed by atoms with van der Waals surface area (Å²) in [6.07, 6.45) is 0. The number of hydrogen-bond donors (Lipinski definition) is 0. The van der Waals surface area contributed by atoms with Crippen molar-refractivity contribution in [3.8, 4) is 0 Å². The van der Waals surface area contributed by atoms with Crippen molar-refractivity contribution in [3.63, 3.8) is 0 Å². The molecule has 0 heterocycles. The first-order valence-corrected chi connectivity index (χ1v) is 1.66. The summed E-state index contributed by atoms with van der Waals surface area (Å²) in [4.78, 5) is 19.6. The summed E-state index contributed by atoms with van der Waals surface area (Å²) in [6, 6.07) is 0. The Morgan fingerprint density at radius 2 is 1.14 bits per heavy atom. The van der Waals surface area contributed by atoms with Gasteiger partial charge in [-0.25, -0.2) is 0 Å². The fourth-order valence-electron chi connectivity index (χ4n) is 0. The molecule has 3 heteroatoms. The van der Waals surface area contributed by atoms with Crippen LogP contribution in [0.2, 0.25) is 0 Å². The zero-order valence-electron chi connectivity index (χ0n) is 4.32. The van der Waals surface area contributed by atoms with Crippen LogP contribution in [0.3, 0.4) is 0 Å². The van der Waals surface area contributed by atoms with Crippen LogP contribution in [0.4, 0.5) is 0 Å². The molecule has 0 aromatic rings. The number of carbonyl (C=O) groups is 2. The average molecular weight is 134 g/mol. The second-order valence-electron chi connectivity index (χ2n) is 1.11. The Morgan fingerprint density at radius 3 is 1.14 bits per heavy atom. The molecule has 0 unspecified atom stereocenters. The minimum absolute atomic E-state index is 0. The summed E-state index contributed by atoms with van der Waals surface area (Å²) >= 11 is 0. The predicted molar refractivity (Wildman–Crippen MR) is 21.4 cm³/mol. The molecule has 0 fully saturated rings.